The van der Waals surface area contributed by atoms with E-state index < -0.39 is 0 Å². The molecule has 2 N–H and O–H groups in total. The Labute approximate surface area is 144 Å². The van der Waals surface area contributed by atoms with Gasteiger partial charge in [-0.1, -0.05) is 12.1 Å². The number of anilines is 1. The van der Waals surface area contributed by atoms with Crippen molar-refractivity contribution in [2.75, 3.05) is 5.32 Å². The van der Waals surface area contributed by atoms with Gasteiger partial charge in [0.25, 0.3) is 5.91 Å². The van der Waals surface area contributed by atoms with Crippen molar-refractivity contribution in [3.63, 3.8) is 0 Å². The van der Waals surface area contributed by atoms with Gasteiger partial charge in [0.1, 0.15) is 11.4 Å². The van der Waals surface area contributed by atoms with Gasteiger partial charge in [0.2, 0.25) is 5.95 Å². The van der Waals surface area contributed by atoms with Crippen molar-refractivity contribution in [1.82, 2.24) is 24.3 Å². The third kappa shape index (κ3) is 2.50. The van der Waals surface area contributed by atoms with E-state index in [4.69, 9.17) is 0 Å². The van der Waals surface area contributed by atoms with Crippen molar-refractivity contribution in [3.8, 4) is 5.82 Å². The molecule has 3 heterocycles. The minimum absolute atomic E-state index is 0.255. The maximum absolute atomic E-state index is 12.8. The molecule has 0 saturated carbocycles. The van der Waals surface area contributed by atoms with E-state index in [9.17, 15) is 4.79 Å². The van der Waals surface area contributed by atoms with Crippen molar-refractivity contribution in [2.24, 2.45) is 7.05 Å². The molecule has 0 unspecified atom stereocenters. The number of hydrogen-bond donors (Lipinski definition) is 2. The number of rotatable bonds is 3. The number of nitrogens with one attached hydrogen (secondary N) is 2. The maximum atomic E-state index is 12.8. The second-order valence-corrected chi connectivity index (χ2v) is 6.01. The number of imidazole rings is 1. The Bertz CT molecular complexity index is 1030. The fourth-order valence-electron chi connectivity index (χ4n) is 3.05. The molecular formula is C18H18N6O. The SMILES string of the molecule is Cc1ccc(C)n1-c1c(C(=O)Nc2nc3ccccc3[nH]2)cnn1C. The lowest BCUT2D eigenvalue weighted by molar-refractivity contribution is 0.102. The van der Waals surface area contributed by atoms with Crippen LogP contribution in [0.1, 0.15) is 21.7 Å². The van der Waals surface area contributed by atoms with Crippen molar-refractivity contribution < 1.29 is 4.79 Å². The summed E-state index contributed by atoms with van der Waals surface area (Å²) in [6.45, 7) is 4.00. The minimum Gasteiger partial charge on any atom is -0.324 e. The summed E-state index contributed by atoms with van der Waals surface area (Å²) in [5.74, 6) is 0.894. The molecule has 3 aromatic heterocycles. The molecule has 4 rings (SSSR count). The lowest BCUT2D eigenvalue weighted by atomic mass is 10.3. The van der Waals surface area contributed by atoms with Crippen LogP contribution in [0, 0.1) is 13.8 Å². The average molecular weight is 334 g/mol. The molecule has 0 spiro atoms. The first-order valence-corrected chi connectivity index (χ1v) is 7.98. The number of para-hydroxylation sites is 2. The normalized spacial score (nSPS) is 11.2. The lowest BCUT2D eigenvalue weighted by Crippen LogP contribution is -2.17. The van der Waals surface area contributed by atoms with Crippen LogP contribution < -0.4 is 5.32 Å². The summed E-state index contributed by atoms with van der Waals surface area (Å²) >= 11 is 0. The van der Waals surface area contributed by atoms with Crippen LogP contribution in [0.2, 0.25) is 0 Å². The average Bonchev–Trinajstić information content (AvgIpc) is 3.25. The number of fused-ring (bicyclic) bond motifs is 1. The summed E-state index contributed by atoms with van der Waals surface area (Å²) in [6, 6.07) is 11.7. The summed E-state index contributed by atoms with van der Waals surface area (Å²) < 4.78 is 3.72. The summed E-state index contributed by atoms with van der Waals surface area (Å²) in [4.78, 5) is 20.3. The quantitative estimate of drug-likeness (QED) is 0.604. The van der Waals surface area contributed by atoms with E-state index >= 15 is 0 Å². The van der Waals surface area contributed by atoms with Crippen LogP contribution in [0.5, 0.6) is 0 Å². The van der Waals surface area contributed by atoms with Crippen LogP contribution in [0.15, 0.2) is 42.6 Å². The fourth-order valence-corrected chi connectivity index (χ4v) is 3.05. The van der Waals surface area contributed by atoms with Gasteiger partial charge in [-0.05, 0) is 38.1 Å². The predicted molar refractivity (Wildman–Crippen MR) is 96.1 cm³/mol. The zero-order chi connectivity index (χ0) is 17.6. The molecule has 25 heavy (non-hydrogen) atoms. The summed E-state index contributed by atoms with van der Waals surface area (Å²) in [5, 5.41) is 7.09. The molecule has 0 bridgehead atoms. The number of amides is 1. The smallest absolute Gasteiger partial charge is 0.263 e. The highest BCUT2D eigenvalue weighted by molar-refractivity contribution is 6.06. The largest absolute Gasteiger partial charge is 0.324 e. The standard InChI is InChI=1S/C18H18N6O/c1-11-8-9-12(2)24(11)17-13(10-19-23(17)3)16(25)22-18-20-14-6-4-5-7-15(14)21-18/h4-10H,1-3H3,(H2,20,21,22,25). The Kier molecular flexibility index (Phi) is 3.42. The van der Waals surface area contributed by atoms with Gasteiger partial charge < -0.3 is 9.55 Å². The number of carbonyl (C=O) groups excluding carboxylic acids is 1. The molecule has 0 atom stereocenters. The summed E-state index contributed by atoms with van der Waals surface area (Å²) in [6.07, 6.45) is 1.58. The first-order chi connectivity index (χ1) is 12.0. The highest BCUT2D eigenvalue weighted by Crippen LogP contribution is 2.21. The number of H-pyrrole nitrogens is 1. The van der Waals surface area contributed by atoms with Crippen LogP contribution in [-0.2, 0) is 7.05 Å². The van der Waals surface area contributed by atoms with E-state index in [-0.39, 0.29) is 5.91 Å². The molecule has 0 aliphatic carbocycles. The molecule has 0 radical (unpaired) electrons. The van der Waals surface area contributed by atoms with Gasteiger partial charge in [-0.25, -0.2) is 4.98 Å². The van der Waals surface area contributed by atoms with Crippen LogP contribution in [0.3, 0.4) is 0 Å². The number of benzene rings is 1. The van der Waals surface area contributed by atoms with Crippen molar-refractivity contribution in [1.29, 1.82) is 0 Å². The molecular weight excluding hydrogens is 316 g/mol. The van der Waals surface area contributed by atoms with Gasteiger partial charge in [0.15, 0.2) is 0 Å². The number of aromatic amines is 1. The third-order valence-electron chi connectivity index (χ3n) is 4.26. The number of aryl methyl sites for hydroxylation is 3. The van der Waals surface area contributed by atoms with Crippen LogP contribution in [-0.4, -0.2) is 30.2 Å². The number of nitrogens with zero attached hydrogens (tertiary/aromatic N) is 4. The molecule has 4 aromatic rings. The highest BCUT2D eigenvalue weighted by Gasteiger charge is 2.20. The fraction of sp³-hybridized carbons (Fsp3) is 0.167. The molecule has 0 aliphatic heterocycles. The van der Waals surface area contributed by atoms with E-state index in [1.54, 1.807) is 10.9 Å². The van der Waals surface area contributed by atoms with Crippen LogP contribution in [0.25, 0.3) is 16.9 Å². The summed E-state index contributed by atoms with van der Waals surface area (Å²) in [5.41, 5.74) is 4.26. The molecule has 0 saturated heterocycles. The number of aromatic nitrogens is 5. The van der Waals surface area contributed by atoms with E-state index in [0.717, 1.165) is 28.2 Å². The zero-order valence-electron chi connectivity index (χ0n) is 14.2. The first kappa shape index (κ1) is 15.2. The van der Waals surface area contributed by atoms with Crippen molar-refractivity contribution in [2.45, 2.75) is 13.8 Å². The Balaban J connectivity index is 1.72. The first-order valence-electron chi connectivity index (χ1n) is 7.98. The van der Waals surface area contributed by atoms with Gasteiger partial charge in [0, 0.05) is 18.4 Å². The minimum atomic E-state index is -0.255. The second kappa shape index (κ2) is 5.62. The number of hydrogen-bond acceptors (Lipinski definition) is 3. The van der Waals surface area contributed by atoms with Crippen LogP contribution in [0.4, 0.5) is 5.95 Å². The van der Waals surface area contributed by atoms with E-state index in [2.05, 4.69) is 20.4 Å². The molecule has 0 fully saturated rings. The van der Waals surface area contributed by atoms with Gasteiger partial charge >= 0.3 is 0 Å². The lowest BCUT2D eigenvalue weighted by Gasteiger charge is -2.12. The van der Waals surface area contributed by atoms with Gasteiger partial charge in [0.05, 0.1) is 17.2 Å². The predicted octanol–water partition coefficient (Wildman–Crippen LogP) is 2.96. The molecule has 1 aromatic carbocycles. The Morgan fingerprint density at radius 3 is 2.56 bits per heavy atom. The zero-order valence-corrected chi connectivity index (χ0v) is 14.2. The maximum Gasteiger partial charge on any atom is 0.263 e. The molecule has 126 valence electrons. The van der Waals surface area contributed by atoms with Gasteiger partial charge in [-0.2, -0.15) is 5.10 Å². The van der Waals surface area contributed by atoms with E-state index in [1.165, 1.54) is 0 Å². The van der Waals surface area contributed by atoms with Gasteiger partial charge in [-0.3, -0.25) is 14.8 Å². The van der Waals surface area contributed by atoms with Crippen molar-refractivity contribution in [3.05, 3.63) is 59.5 Å². The Morgan fingerprint density at radius 1 is 1.12 bits per heavy atom. The molecule has 1 amide bonds. The summed E-state index contributed by atoms with van der Waals surface area (Å²) in [7, 11) is 1.83. The van der Waals surface area contributed by atoms with E-state index in [1.807, 2.05) is 61.9 Å². The van der Waals surface area contributed by atoms with Crippen LogP contribution >= 0.6 is 0 Å². The monoisotopic (exact) mass is 334 g/mol. The molecule has 7 nitrogen and oxygen atoms in total. The Hall–Kier alpha value is -3.35. The third-order valence-corrected chi connectivity index (χ3v) is 4.26. The highest BCUT2D eigenvalue weighted by atomic mass is 16.1. The molecule has 0 aliphatic rings. The van der Waals surface area contributed by atoms with Crippen molar-refractivity contribution >= 4 is 22.9 Å². The van der Waals surface area contributed by atoms with E-state index in [0.29, 0.717) is 11.5 Å². The second-order valence-electron chi connectivity index (χ2n) is 6.01. The number of carbonyl (C=O) groups is 1. The molecule has 7 heteroatoms. The van der Waals surface area contributed by atoms with Gasteiger partial charge in [-0.15, -0.1) is 0 Å². The topological polar surface area (TPSA) is 80.5 Å². The Morgan fingerprint density at radius 2 is 1.84 bits per heavy atom.